The van der Waals surface area contributed by atoms with Crippen LogP contribution in [0.15, 0.2) is 15.8 Å². The molecule has 1 unspecified atom stereocenters. The van der Waals surface area contributed by atoms with Gasteiger partial charge in [-0.1, -0.05) is 6.92 Å². The number of aromatic nitrogens is 2. The molecule has 2 rings (SSSR count). The third-order valence-electron chi connectivity index (χ3n) is 3.15. The van der Waals surface area contributed by atoms with Crippen LogP contribution in [0, 0.1) is 6.92 Å². The van der Waals surface area contributed by atoms with E-state index in [2.05, 4.69) is 4.98 Å². The summed E-state index contributed by atoms with van der Waals surface area (Å²) < 4.78 is 12.5. The molecule has 0 bridgehead atoms. The van der Waals surface area contributed by atoms with Crippen LogP contribution in [-0.2, 0) is 7.80 Å². The average Bonchev–Trinajstić information content (AvgIpc) is 2.76. The smallest absolute Gasteiger partial charge is 0.330 e. The quantitative estimate of drug-likeness (QED) is 0.818. The Kier molecular flexibility index (Phi) is 4.23. The molecule has 0 amide bonds. The highest BCUT2D eigenvalue weighted by molar-refractivity contribution is 14.1. The first-order valence-corrected chi connectivity index (χ1v) is 6.69. The van der Waals surface area contributed by atoms with Gasteiger partial charge in [-0.25, -0.2) is 4.79 Å². The van der Waals surface area contributed by atoms with Crippen molar-refractivity contribution < 1.29 is 7.80 Å². The molecule has 0 aliphatic carbocycles. The molecule has 100 valence electrons. The van der Waals surface area contributed by atoms with E-state index >= 15 is 0 Å². The van der Waals surface area contributed by atoms with Gasteiger partial charge in [-0.15, -0.1) is 0 Å². The molecule has 7 heteroatoms. The predicted molar refractivity (Wildman–Crippen MR) is 73.8 cm³/mol. The van der Waals surface area contributed by atoms with Gasteiger partial charge in [0.25, 0.3) is 5.56 Å². The Morgan fingerprint density at radius 1 is 1.61 bits per heavy atom. The highest BCUT2D eigenvalue weighted by atomic mass is 127. The lowest BCUT2D eigenvalue weighted by Gasteiger charge is -2.15. The topological polar surface area (TPSA) is 73.3 Å². The van der Waals surface area contributed by atoms with Gasteiger partial charge in [0.05, 0.1) is 6.10 Å². The van der Waals surface area contributed by atoms with Crippen molar-refractivity contribution in [2.24, 2.45) is 0 Å². The molecule has 1 saturated heterocycles. The maximum absolute atomic E-state index is 11.8. The summed E-state index contributed by atoms with van der Waals surface area (Å²) in [6.07, 6.45) is 2.53. The van der Waals surface area contributed by atoms with Crippen LogP contribution >= 0.6 is 23.0 Å². The first-order chi connectivity index (χ1) is 8.56. The molecule has 3 atom stereocenters. The Morgan fingerprint density at radius 2 is 2.33 bits per heavy atom. The van der Waals surface area contributed by atoms with Crippen molar-refractivity contribution in [2.45, 2.75) is 45.1 Å². The zero-order valence-corrected chi connectivity index (χ0v) is 12.3. The largest absolute Gasteiger partial charge is 0.352 e. The zero-order valence-electron chi connectivity index (χ0n) is 10.2. The number of H-pyrrole nitrogens is 1. The number of nitrogens with zero attached hydrogens (tertiary/aromatic N) is 1. The minimum atomic E-state index is -0.445. The van der Waals surface area contributed by atoms with Crippen molar-refractivity contribution in [1.82, 2.24) is 9.55 Å². The standard InChI is InChI=1S/C11H15IN2O4/c1-3-7-8(18-12)4-9(17-7)14-5-6(2)10(15)13-11(14)16/h5,7-9H,3-4H2,1-2H3,(H,13,15,16)/t7-,8?,9-/m1/s1. The molecule has 0 radical (unpaired) electrons. The van der Waals surface area contributed by atoms with E-state index in [4.69, 9.17) is 7.80 Å². The van der Waals surface area contributed by atoms with Crippen molar-refractivity contribution in [3.05, 3.63) is 32.6 Å². The van der Waals surface area contributed by atoms with E-state index in [1.807, 2.05) is 29.9 Å². The molecular formula is C11H15IN2O4. The first-order valence-electron chi connectivity index (χ1n) is 5.81. The fourth-order valence-corrected chi connectivity index (χ4v) is 2.66. The van der Waals surface area contributed by atoms with Gasteiger partial charge < -0.3 is 7.80 Å². The minimum Gasteiger partial charge on any atom is -0.352 e. The lowest BCUT2D eigenvalue weighted by Crippen LogP contribution is -2.33. The van der Waals surface area contributed by atoms with Crippen LogP contribution in [0.1, 0.15) is 31.6 Å². The summed E-state index contributed by atoms with van der Waals surface area (Å²) in [7, 11) is 0. The predicted octanol–water partition coefficient (Wildman–Crippen LogP) is 1.28. The SMILES string of the molecule is CC[C@H]1O[C@@H](n2cc(C)c(=O)[nH]c2=O)CC1OI. The van der Waals surface area contributed by atoms with Crippen LogP contribution in [0.2, 0.25) is 0 Å². The van der Waals surface area contributed by atoms with Crippen LogP contribution in [0.4, 0.5) is 0 Å². The maximum Gasteiger partial charge on any atom is 0.330 e. The van der Waals surface area contributed by atoms with Crippen LogP contribution in [0.5, 0.6) is 0 Å². The molecule has 1 aliphatic heterocycles. The Morgan fingerprint density at radius 3 is 2.89 bits per heavy atom. The second-order valence-corrected chi connectivity index (χ2v) is 4.89. The number of aromatic amines is 1. The normalized spacial score (nSPS) is 27.6. The monoisotopic (exact) mass is 366 g/mol. The zero-order chi connectivity index (χ0) is 13.3. The summed E-state index contributed by atoms with van der Waals surface area (Å²) in [5.41, 5.74) is -0.312. The van der Waals surface area contributed by atoms with E-state index in [1.54, 1.807) is 6.92 Å². The van der Waals surface area contributed by atoms with Crippen molar-refractivity contribution in [3.8, 4) is 0 Å². The molecule has 1 fully saturated rings. The molecule has 0 spiro atoms. The minimum absolute atomic E-state index is 0.0222. The lowest BCUT2D eigenvalue weighted by molar-refractivity contribution is -0.0138. The number of halogens is 1. The molecule has 6 nitrogen and oxygen atoms in total. The maximum atomic E-state index is 11.8. The average molecular weight is 366 g/mol. The van der Waals surface area contributed by atoms with Crippen molar-refractivity contribution in [3.63, 3.8) is 0 Å². The number of aryl methyl sites for hydroxylation is 1. The van der Waals surface area contributed by atoms with Gasteiger partial charge in [0.1, 0.15) is 35.3 Å². The number of rotatable bonds is 3. The fourth-order valence-electron chi connectivity index (χ4n) is 2.13. The van der Waals surface area contributed by atoms with E-state index < -0.39 is 5.69 Å². The van der Waals surface area contributed by atoms with Gasteiger partial charge >= 0.3 is 5.69 Å². The Labute approximate surface area is 118 Å². The van der Waals surface area contributed by atoms with E-state index in [-0.39, 0.29) is 24.0 Å². The summed E-state index contributed by atoms with van der Waals surface area (Å²) >= 11 is 1.85. The van der Waals surface area contributed by atoms with Crippen molar-refractivity contribution in [1.29, 1.82) is 0 Å². The van der Waals surface area contributed by atoms with E-state index in [9.17, 15) is 9.59 Å². The van der Waals surface area contributed by atoms with Crippen LogP contribution < -0.4 is 11.2 Å². The fraction of sp³-hybridized carbons (Fsp3) is 0.636. The van der Waals surface area contributed by atoms with Gasteiger partial charge in [0.15, 0.2) is 0 Å². The number of hydrogen-bond donors (Lipinski definition) is 1. The molecule has 0 saturated carbocycles. The molecule has 1 aromatic rings. The summed E-state index contributed by atoms with van der Waals surface area (Å²) in [5.74, 6) is 0. The molecular weight excluding hydrogens is 351 g/mol. The Bertz CT molecular complexity index is 527. The second-order valence-electron chi connectivity index (χ2n) is 4.38. The van der Waals surface area contributed by atoms with Crippen LogP contribution in [0.3, 0.4) is 0 Å². The summed E-state index contributed by atoms with van der Waals surface area (Å²) in [4.78, 5) is 25.3. The Balaban J connectivity index is 2.31. The van der Waals surface area contributed by atoms with Gasteiger partial charge in [0.2, 0.25) is 0 Å². The van der Waals surface area contributed by atoms with Crippen molar-refractivity contribution in [2.75, 3.05) is 0 Å². The molecule has 1 aromatic heterocycles. The second kappa shape index (κ2) is 5.54. The summed E-state index contributed by atoms with van der Waals surface area (Å²) in [6.45, 7) is 3.67. The van der Waals surface area contributed by atoms with Gasteiger partial charge in [-0.05, 0) is 13.3 Å². The first kappa shape index (κ1) is 13.8. The molecule has 0 aromatic carbocycles. The van der Waals surface area contributed by atoms with E-state index in [1.165, 1.54) is 10.8 Å². The highest BCUT2D eigenvalue weighted by Gasteiger charge is 2.36. The van der Waals surface area contributed by atoms with E-state index in [0.717, 1.165) is 6.42 Å². The Hall–Kier alpha value is -0.670. The highest BCUT2D eigenvalue weighted by Crippen LogP contribution is 2.32. The van der Waals surface area contributed by atoms with E-state index in [0.29, 0.717) is 12.0 Å². The van der Waals surface area contributed by atoms with Gasteiger partial charge in [-0.3, -0.25) is 14.3 Å². The lowest BCUT2D eigenvalue weighted by atomic mass is 10.1. The summed E-state index contributed by atoms with van der Waals surface area (Å²) in [6, 6.07) is 0. The third-order valence-corrected chi connectivity index (χ3v) is 3.81. The van der Waals surface area contributed by atoms with Gasteiger partial charge in [-0.2, -0.15) is 0 Å². The third kappa shape index (κ3) is 2.52. The summed E-state index contributed by atoms with van der Waals surface area (Å²) in [5, 5.41) is 0. The van der Waals surface area contributed by atoms with Crippen LogP contribution in [-0.4, -0.2) is 21.8 Å². The molecule has 18 heavy (non-hydrogen) atoms. The van der Waals surface area contributed by atoms with Crippen molar-refractivity contribution >= 4 is 23.0 Å². The number of hydrogen-bond acceptors (Lipinski definition) is 4. The molecule has 1 N–H and O–H groups in total. The number of nitrogens with one attached hydrogen (secondary N) is 1. The molecule has 1 aliphatic rings. The number of ether oxygens (including phenoxy) is 1. The molecule has 2 heterocycles. The van der Waals surface area contributed by atoms with Crippen LogP contribution in [0.25, 0.3) is 0 Å². The van der Waals surface area contributed by atoms with Gasteiger partial charge in [0, 0.05) is 18.2 Å².